The van der Waals surface area contributed by atoms with E-state index in [1.165, 1.54) is 0 Å². The molecule has 5 nitrogen and oxygen atoms in total. The average Bonchev–Trinajstić information content (AvgIpc) is 2.90. The van der Waals surface area contributed by atoms with Gasteiger partial charge >= 0.3 is 0 Å². The molecule has 1 aliphatic heterocycles. The van der Waals surface area contributed by atoms with Crippen LogP contribution in [0, 0.1) is 0 Å². The van der Waals surface area contributed by atoms with Gasteiger partial charge in [-0.15, -0.1) is 0 Å². The summed E-state index contributed by atoms with van der Waals surface area (Å²) in [6.07, 6.45) is 3.51. The number of para-hydroxylation sites is 1. The molecule has 1 fully saturated rings. The second-order valence-corrected chi connectivity index (χ2v) is 6.86. The van der Waals surface area contributed by atoms with Crippen LogP contribution in [0.3, 0.4) is 0 Å². The summed E-state index contributed by atoms with van der Waals surface area (Å²) in [4.78, 5) is 4.25. The van der Waals surface area contributed by atoms with E-state index >= 15 is 0 Å². The van der Waals surface area contributed by atoms with Gasteiger partial charge < -0.3 is 5.32 Å². The van der Waals surface area contributed by atoms with E-state index in [0.717, 1.165) is 30.3 Å². The van der Waals surface area contributed by atoms with E-state index in [1.807, 2.05) is 30.3 Å². The largest absolute Gasteiger partial charge is 0.313 e. The molecule has 1 aromatic heterocycles. The summed E-state index contributed by atoms with van der Waals surface area (Å²) >= 11 is 0. The zero-order chi connectivity index (χ0) is 14.0. The number of rotatable bonds is 4. The third-order valence-electron chi connectivity index (χ3n) is 3.45. The van der Waals surface area contributed by atoms with Crippen LogP contribution in [-0.4, -0.2) is 31.7 Å². The number of aromatic nitrogens is 1. The first-order valence-electron chi connectivity index (χ1n) is 6.71. The van der Waals surface area contributed by atoms with E-state index in [9.17, 15) is 8.42 Å². The fourth-order valence-corrected chi connectivity index (χ4v) is 3.88. The molecule has 2 aromatic rings. The maximum atomic E-state index is 12.1. The van der Waals surface area contributed by atoms with Crippen LogP contribution in [0.2, 0.25) is 0 Å². The average molecular weight is 291 g/mol. The van der Waals surface area contributed by atoms with Crippen molar-refractivity contribution in [2.75, 3.05) is 17.0 Å². The van der Waals surface area contributed by atoms with Crippen LogP contribution in [0.25, 0.3) is 10.9 Å². The van der Waals surface area contributed by atoms with Gasteiger partial charge in [0.15, 0.2) is 0 Å². The summed E-state index contributed by atoms with van der Waals surface area (Å²) < 4.78 is 26.8. The van der Waals surface area contributed by atoms with E-state index in [4.69, 9.17) is 0 Å². The molecule has 0 amide bonds. The summed E-state index contributed by atoms with van der Waals surface area (Å²) in [6.45, 7) is 0.901. The highest BCUT2D eigenvalue weighted by Gasteiger charge is 2.22. The number of fused-ring (bicyclic) bond motifs is 1. The normalized spacial score (nSPS) is 19.3. The Morgan fingerprint density at radius 2 is 2.20 bits per heavy atom. The van der Waals surface area contributed by atoms with Crippen LogP contribution < -0.4 is 10.0 Å². The lowest BCUT2D eigenvalue weighted by molar-refractivity contribution is 0.582. The zero-order valence-electron chi connectivity index (χ0n) is 11.0. The molecule has 0 saturated carbocycles. The predicted octanol–water partition coefficient (Wildman–Crippen LogP) is 1.73. The summed E-state index contributed by atoms with van der Waals surface area (Å²) in [7, 11) is -3.34. The van der Waals surface area contributed by atoms with Crippen molar-refractivity contribution in [3.63, 3.8) is 0 Å². The number of nitrogens with zero attached hydrogens (tertiary/aromatic N) is 1. The Bertz CT molecular complexity index is 709. The molecule has 2 N–H and O–H groups in total. The maximum Gasteiger partial charge on any atom is 0.234 e. The van der Waals surface area contributed by atoms with Gasteiger partial charge in [-0.2, -0.15) is 0 Å². The quantitative estimate of drug-likeness (QED) is 0.900. The molecule has 1 unspecified atom stereocenters. The molecule has 6 heteroatoms. The van der Waals surface area contributed by atoms with Crippen LogP contribution in [-0.2, 0) is 10.0 Å². The van der Waals surface area contributed by atoms with Crippen LogP contribution in [0.4, 0.5) is 5.69 Å². The van der Waals surface area contributed by atoms with Crippen LogP contribution in [0.1, 0.15) is 12.8 Å². The van der Waals surface area contributed by atoms with Gasteiger partial charge in [0, 0.05) is 11.4 Å². The van der Waals surface area contributed by atoms with Gasteiger partial charge in [0.1, 0.15) is 0 Å². The Morgan fingerprint density at radius 3 is 3.00 bits per heavy atom. The van der Waals surface area contributed by atoms with E-state index in [0.29, 0.717) is 5.69 Å². The third kappa shape index (κ3) is 3.08. The molecule has 0 spiro atoms. The Labute approximate surface area is 118 Å². The highest BCUT2D eigenvalue weighted by Crippen LogP contribution is 2.18. The van der Waals surface area contributed by atoms with Gasteiger partial charge in [-0.25, -0.2) is 8.42 Å². The van der Waals surface area contributed by atoms with Gasteiger partial charge in [0.25, 0.3) is 0 Å². The van der Waals surface area contributed by atoms with Gasteiger partial charge in [-0.1, -0.05) is 18.2 Å². The van der Waals surface area contributed by atoms with Crippen LogP contribution in [0.15, 0.2) is 36.5 Å². The molecule has 3 rings (SSSR count). The zero-order valence-corrected chi connectivity index (χ0v) is 11.9. The second kappa shape index (κ2) is 5.38. The first-order chi connectivity index (χ1) is 9.62. The Hall–Kier alpha value is -1.66. The number of pyridine rings is 1. The number of hydrogen-bond donors (Lipinski definition) is 2. The van der Waals surface area contributed by atoms with E-state index in [-0.39, 0.29) is 11.8 Å². The van der Waals surface area contributed by atoms with Crippen molar-refractivity contribution in [2.24, 2.45) is 0 Å². The number of hydrogen-bond acceptors (Lipinski definition) is 4. The number of benzene rings is 1. The molecular weight excluding hydrogens is 274 g/mol. The van der Waals surface area contributed by atoms with Crippen molar-refractivity contribution in [1.82, 2.24) is 10.3 Å². The summed E-state index contributed by atoms with van der Waals surface area (Å²) in [6, 6.07) is 9.49. The molecule has 1 aliphatic rings. The molecule has 106 valence electrons. The lowest BCUT2D eigenvalue weighted by Crippen LogP contribution is -2.32. The maximum absolute atomic E-state index is 12.1. The summed E-state index contributed by atoms with van der Waals surface area (Å²) in [5, 5.41) is 4.12. The molecule has 1 atom stereocenters. The van der Waals surface area contributed by atoms with Crippen molar-refractivity contribution in [3.05, 3.63) is 36.5 Å². The highest BCUT2D eigenvalue weighted by molar-refractivity contribution is 7.92. The standard InChI is InChI=1S/C14H17N3O2S/c18-20(19,10-12-5-3-7-15-12)17-13-8-11-4-1-2-6-14(11)16-9-13/h1-2,4,6,8-9,12,15,17H,3,5,7,10H2. The predicted molar refractivity (Wildman–Crippen MR) is 80.2 cm³/mol. The highest BCUT2D eigenvalue weighted by atomic mass is 32.2. The van der Waals surface area contributed by atoms with Gasteiger partial charge in [-0.3, -0.25) is 9.71 Å². The third-order valence-corrected chi connectivity index (χ3v) is 4.83. The molecule has 0 bridgehead atoms. The number of nitrogens with one attached hydrogen (secondary N) is 2. The SMILES string of the molecule is O=S(=O)(CC1CCCN1)Nc1cnc2ccccc2c1. The van der Waals surface area contributed by atoms with Gasteiger partial charge in [0.05, 0.1) is 23.2 Å². The van der Waals surface area contributed by atoms with Crippen molar-refractivity contribution in [1.29, 1.82) is 0 Å². The van der Waals surface area contributed by atoms with E-state index in [2.05, 4.69) is 15.0 Å². The summed E-state index contributed by atoms with van der Waals surface area (Å²) in [5.74, 6) is 0.111. The topological polar surface area (TPSA) is 71.1 Å². The fraction of sp³-hybridized carbons (Fsp3) is 0.357. The first kappa shape index (κ1) is 13.3. The lowest BCUT2D eigenvalue weighted by Gasteiger charge is -2.12. The van der Waals surface area contributed by atoms with Gasteiger partial charge in [-0.05, 0) is 31.5 Å². The van der Waals surface area contributed by atoms with Crippen molar-refractivity contribution in [3.8, 4) is 0 Å². The molecular formula is C14H17N3O2S. The Balaban J connectivity index is 1.77. The molecule has 1 saturated heterocycles. The smallest absolute Gasteiger partial charge is 0.234 e. The molecule has 20 heavy (non-hydrogen) atoms. The number of anilines is 1. The molecule has 1 aromatic carbocycles. The Morgan fingerprint density at radius 1 is 1.35 bits per heavy atom. The first-order valence-corrected chi connectivity index (χ1v) is 8.36. The lowest BCUT2D eigenvalue weighted by atomic mass is 10.2. The van der Waals surface area contributed by atoms with Gasteiger partial charge in [0.2, 0.25) is 10.0 Å². The summed E-state index contributed by atoms with van der Waals surface area (Å²) in [5.41, 5.74) is 1.37. The number of sulfonamides is 1. The van der Waals surface area contributed by atoms with E-state index in [1.54, 1.807) is 6.20 Å². The second-order valence-electron chi connectivity index (χ2n) is 5.09. The Kier molecular flexibility index (Phi) is 3.58. The minimum absolute atomic E-state index is 0.0564. The van der Waals surface area contributed by atoms with E-state index < -0.39 is 10.0 Å². The minimum Gasteiger partial charge on any atom is -0.313 e. The van der Waals surface area contributed by atoms with Crippen molar-refractivity contribution in [2.45, 2.75) is 18.9 Å². The van der Waals surface area contributed by atoms with Crippen molar-refractivity contribution < 1.29 is 8.42 Å². The molecule has 0 aliphatic carbocycles. The van der Waals surface area contributed by atoms with Crippen LogP contribution >= 0.6 is 0 Å². The molecule has 2 heterocycles. The van der Waals surface area contributed by atoms with Crippen molar-refractivity contribution >= 4 is 26.6 Å². The molecule has 0 radical (unpaired) electrons. The fourth-order valence-electron chi connectivity index (χ4n) is 2.51. The monoisotopic (exact) mass is 291 g/mol. The minimum atomic E-state index is -3.34. The van der Waals surface area contributed by atoms with Crippen LogP contribution in [0.5, 0.6) is 0 Å².